The minimum atomic E-state index is 0.546. The summed E-state index contributed by atoms with van der Waals surface area (Å²) in [6.45, 7) is 5.69. The molecule has 0 bridgehead atoms. The van der Waals surface area contributed by atoms with Gasteiger partial charge in [0.15, 0.2) is 0 Å². The first-order chi connectivity index (χ1) is 7.75. The van der Waals surface area contributed by atoms with Crippen LogP contribution in [0.1, 0.15) is 31.7 Å². The Morgan fingerprint density at radius 1 is 1.19 bits per heavy atom. The van der Waals surface area contributed by atoms with Gasteiger partial charge in [0, 0.05) is 6.04 Å². The molecular formula is C14H23NS. The van der Waals surface area contributed by atoms with Crippen LogP contribution in [0.2, 0.25) is 0 Å². The van der Waals surface area contributed by atoms with Crippen molar-refractivity contribution in [1.29, 1.82) is 0 Å². The van der Waals surface area contributed by atoms with Crippen LogP contribution in [0.5, 0.6) is 0 Å². The summed E-state index contributed by atoms with van der Waals surface area (Å²) >= 11 is 1.92. The molecule has 0 aromatic heterocycles. The zero-order valence-corrected chi connectivity index (χ0v) is 11.4. The predicted molar refractivity (Wildman–Crippen MR) is 75.3 cm³/mol. The largest absolute Gasteiger partial charge is 0.314 e. The molecule has 0 aliphatic rings. The molecule has 16 heavy (non-hydrogen) atoms. The number of nitrogens with one attached hydrogen (secondary N) is 1. The van der Waals surface area contributed by atoms with Crippen LogP contribution in [0.3, 0.4) is 0 Å². The van der Waals surface area contributed by atoms with Gasteiger partial charge in [-0.3, -0.25) is 0 Å². The molecule has 1 N–H and O–H groups in total. The van der Waals surface area contributed by atoms with Crippen LogP contribution in [0.25, 0.3) is 0 Å². The van der Waals surface area contributed by atoms with Crippen LogP contribution < -0.4 is 5.32 Å². The maximum Gasteiger partial charge on any atom is 0.0105 e. The molecule has 0 heterocycles. The summed E-state index contributed by atoms with van der Waals surface area (Å²) in [5, 5.41) is 3.60. The van der Waals surface area contributed by atoms with Crippen molar-refractivity contribution in [2.75, 3.05) is 18.6 Å². The Morgan fingerprint density at radius 2 is 1.88 bits per heavy atom. The van der Waals surface area contributed by atoms with E-state index in [1.165, 1.54) is 17.7 Å². The minimum Gasteiger partial charge on any atom is -0.314 e. The van der Waals surface area contributed by atoms with E-state index in [9.17, 15) is 0 Å². The highest BCUT2D eigenvalue weighted by atomic mass is 32.2. The van der Waals surface area contributed by atoms with Crippen LogP contribution in [-0.2, 0) is 0 Å². The van der Waals surface area contributed by atoms with Crippen molar-refractivity contribution in [2.45, 2.75) is 32.2 Å². The first kappa shape index (κ1) is 13.6. The summed E-state index contributed by atoms with van der Waals surface area (Å²) in [5.41, 5.74) is 1.42. The summed E-state index contributed by atoms with van der Waals surface area (Å²) < 4.78 is 0. The number of benzene rings is 1. The maximum absolute atomic E-state index is 3.60. The highest BCUT2D eigenvalue weighted by molar-refractivity contribution is 7.98. The second kappa shape index (κ2) is 7.75. The Bertz CT molecular complexity index is 273. The standard InChI is InChI=1S/C14H23NS/c1-12(14-8-5-4-6-9-14)13(2)15-10-7-11-16-3/h4-6,8-9,12-13,15H,7,10-11H2,1-3H3. The normalized spacial score (nSPS) is 14.7. The average Bonchev–Trinajstić information content (AvgIpc) is 2.34. The average molecular weight is 237 g/mol. The summed E-state index contributed by atoms with van der Waals surface area (Å²) in [5.74, 6) is 1.83. The molecule has 1 aromatic carbocycles. The molecule has 0 saturated heterocycles. The molecular weight excluding hydrogens is 214 g/mol. The van der Waals surface area contributed by atoms with Gasteiger partial charge in [0.25, 0.3) is 0 Å². The number of thioether (sulfide) groups is 1. The Balaban J connectivity index is 2.33. The van der Waals surface area contributed by atoms with Crippen LogP contribution in [-0.4, -0.2) is 24.6 Å². The van der Waals surface area contributed by atoms with E-state index in [2.05, 4.69) is 55.8 Å². The van der Waals surface area contributed by atoms with E-state index < -0.39 is 0 Å². The second-order valence-electron chi connectivity index (χ2n) is 4.29. The first-order valence-electron chi connectivity index (χ1n) is 6.03. The van der Waals surface area contributed by atoms with Gasteiger partial charge in [-0.1, -0.05) is 37.3 Å². The van der Waals surface area contributed by atoms with Gasteiger partial charge in [-0.2, -0.15) is 11.8 Å². The first-order valence-corrected chi connectivity index (χ1v) is 7.42. The molecule has 0 saturated carbocycles. The zero-order valence-electron chi connectivity index (χ0n) is 10.6. The van der Waals surface area contributed by atoms with Crippen molar-refractivity contribution in [1.82, 2.24) is 5.32 Å². The second-order valence-corrected chi connectivity index (χ2v) is 5.27. The van der Waals surface area contributed by atoms with E-state index in [-0.39, 0.29) is 0 Å². The number of rotatable bonds is 7. The number of hydrogen-bond acceptors (Lipinski definition) is 2. The molecule has 0 fully saturated rings. The quantitative estimate of drug-likeness (QED) is 0.728. The van der Waals surface area contributed by atoms with Gasteiger partial charge in [-0.15, -0.1) is 0 Å². The van der Waals surface area contributed by atoms with Crippen molar-refractivity contribution in [3.05, 3.63) is 35.9 Å². The Morgan fingerprint density at radius 3 is 2.50 bits per heavy atom. The molecule has 0 radical (unpaired) electrons. The predicted octanol–water partition coefficient (Wildman–Crippen LogP) is 3.52. The van der Waals surface area contributed by atoms with E-state index in [0.29, 0.717) is 12.0 Å². The SMILES string of the molecule is CSCCCNC(C)C(C)c1ccccc1. The van der Waals surface area contributed by atoms with Crippen molar-refractivity contribution < 1.29 is 0 Å². The van der Waals surface area contributed by atoms with Crippen LogP contribution in [0.15, 0.2) is 30.3 Å². The number of hydrogen-bond donors (Lipinski definition) is 1. The molecule has 2 unspecified atom stereocenters. The van der Waals surface area contributed by atoms with E-state index in [0.717, 1.165) is 6.54 Å². The van der Waals surface area contributed by atoms with Gasteiger partial charge < -0.3 is 5.32 Å². The van der Waals surface area contributed by atoms with Gasteiger partial charge >= 0.3 is 0 Å². The fourth-order valence-corrected chi connectivity index (χ4v) is 2.20. The Hall–Kier alpha value is -0.470. The third kappa shape index (κ3) is 4.58. The van der Waals surface area contributed by atoms with E-state index in [4.69, 9.17) is 0 Å². The molecule has 1 nitrogen and oxygen atoms in total. The topological polar surface area (TPSA) is 12.0 Å². The lowest BCUT2D eigenvalue weighted by Gasteiger charge is -2.21. The van der Waals surface area contributed by atoms with E-state index in [1.54, 1.807) is 0 Å². The molecule has 0 spiro atoms. The van der Waals surface area contributed by atoms with Crippen molar-refractivity contribution in [3.63, 3.8) is 0 Å². The van der Waals surface area contributed by atoms with Crippen LogP contribution in [0, 0.1) is 0 Å². The Kier molecular flexibility index (Phi) is 6.58. The van der Waals surface area contributed by atoms with Gasteiger partial charge in [0.05, 0.1) is 0 Å². The molecule has 2 atom stereocenters. The summed E-state index contributed by atoms with van der Waals surface area (Å²) in [6.07, 6.45) is 3.42. The van der Waals surface area contributed by atoms with Gasteiger partial charge in [-0.05, 0) is 43.4 Å². The highest BCUT2D eigenvalue weighted by Crippen LogP contribution is 2.18. The lowest BCUT2D eigenvalue weighted by Crippen LogP contribution is -2.31. The highest BCUT2D eigenvalue weighted by Gasteiger charge is 2.12. The lowest BCUT2D eigenvalue weighted by atomic mass is 9.94. The van der Waals surface area contributed by atoms with Crippen molar-refractivity contribution in [3.8, 4) is 0 Å². The summed E-state index contributed by atoms with van der Waals surface area (Å²) in [4.78, 5) is 0. The maximum atomic E-state index is 3.60. The molecule has 0 aliphatic heterocycles. The summed E-state index contributed by atoms with van der Waals surface area (Å²) in [6, 6.07) is 11.3. The molecule has 1 aromatic rings. The smallest absolute Gasteiger partial charge is 0.0105 e. The molecule has 90 valence electrons. The molecule has 2 heteroatoms. The fraction of sp³-hybridized carbons (Fsp3) is 0.571. The van der Waals surface area contributed by atoms with Gasteiger partial charge in [0.1, 0.15) is 0 Å². The fourth-order valence-electron chi connectivity index (χ4n) is 1.77. The van der Waals surface area contributed by atoms with E-state index >= 15 is 0 Å². The monoisotopic (exact) mass is 237 g/mol. The third-order valence-electron chi connectivity index (χ3n) is 3.07. The van der Waals surface area contributed by atoms with Crippen molar-refractivity contribution in [2.24, 2.45) is 0 Å². The van der Waals surface area contributed by atoms with Gasteiger partial charge in [0.2, 0.25) is 0 Å². The van der Waals surface area contributed by atoms with E-state index in [1.807, 2.05) is 11.8 Å². The summed E-state index contributed by atoms with van der Waals surface area (Å²) in [7, 11) is 0. The van der Waals surface area contributed by atoms with Crippen molar-refractivity contribution >= 4 is 11.8 Å². The third-order valence-corrected chi connectivity index (χ3v) is 3.76. The Labute approximate surface area is 104 Å². The lowest BCUT2D eigenvalue weighted by molar-refractivity contribution is 0.482. The zero-order chi connectivity index (χ0) is 11.8. The molecule has 0 amide bonds. The van der Waals surface area contributed by atoms with Gasteiger partial charge in [-0.25, -0.2) is 0 Å². The molecule has 0 aliphatic carbocycles. The minimum absolute atomic E-state index is 0.546. The van der Waals surface area contributed by atoms with Crippen LogP contribution >= 0.6 is 11.8 Å². The van der Waals surface area contributed by atoms with Crippen LogP contribution in [0.4, 0.5) is 0 Å². The molecule has 1 rings (SSSR count).